The van der Waals surface area contributed by atoms with Gasteiger partial charge in [-0.2, -0.15) is 0 Å². The van der Waals surface area contributed by atoms with Gasteiger partial charge in [0, 0.05) is 0 Å². The molecule has 0 radical (unpaired) electrons. The van der Waals surface area contributed by atoms with Gasteiger partial charge in [0.25, 0.3) is 0 Å². The topological polar surface area (TPSA) is 0 Å². The molecular formula is C8H12. The van der Waals surface area contributed by atoms with Gasteiger partial charge in [0.2, 0.25) is 0 Å². The smallest absolute Gasteiger partial charge is 0.0398 e. The van der Waals surface area contributed by atoms with Crippen molar-refractivity contribution in [1.82, 2.24) is 0 Å². The molecule has 0 aliphatic carbocycles. The van der Waals surface area contributed by atoms with E-state index in [4.69, 9.17) is 0 Å². The fourth-order valence-corrected chi connectivity index (χ4v) is 0.316. The Morgan fingerprint density at radius 3 is 2.50 bits per heavy atom. The molecule has 0 aliphatic heterocycles. The van der Waals surface area contributed by atoms with Crippen LogP contribution in [-0.4, -0.2) is 0 Å². The van der Waals surface area contributed by atoms with E-state index in [-0.39, 0.29) is 0 Å². The molecule has 0 heteroatoms. The molecule has 0 aromatic heterocycles. The number of allylic oxidation sites excluding steroid dienone is 5. The van der Waals surface area contributed by atoms with Gasteiger partial charge < -0.3 is 0 Å². The molecule has 0 bridgehead atoms. The third-order valence-electron chi connectivity index (χ3n) is 0.874. The molecule has 0 spiro atoms. The van der Waals surface area contributed by atoms with Crippen LogP contribution in [0.4, 0.5) is 0 Å². The average Bonchev–Trinajstić information content (AvgIpc) is 1.83. The molecule has 0 unspecified atom stereocenters. The lowest BCUT2D eigenvalue weighted by Crippen LogP contribution is -1.60. The van der Waals surface area contributed by atoms with Crippen molar-refractivity contribution < 1.29 is 0 Å². The van der Waals surface area contributed by atoms with E-state index in [9.17, 15) is 0 Å². The van der Waals surface area contributed by atoms with Crippen LogP contribution in [0.3, 0.4) is 0 Å². The van der Waals surface area contributed by atoms with Crippen LogP contribution in [0.2, 0.25) is 0 Å². The molecule has 44 valence electrons. The summed E-state index contributed by atoms with van der Waals surface area (Å²) in [5, 5.41) is 0. The van der Waals surface area contributed by atoms with Crippen LogP contribution in [-0.2, 0) is 0 Å². The summed E-state index contributed by atoms with van der Waals surface area (Å²) in [5.41, 5.74) is 1.20. The summed E-state index contributed by atoms with van der Waals surface area (Å²) >= 11 is 0. The molecule has 8 heavy (non-hydrogen) atoms. The third-order valence-corrected chi connectivity index (χ3v) is 0.874. The van der Waals surface area contributed by atoms with Crippen LogP contribution >= 0.6 is 0 Å². The molecule has 0 amide bonds. The van der Waals surface area contributed by atoms with E-state index in [1.807, 2.05) is 38.2 Å². The Morgan fingerprint density at radius 2 is 2.12 bits per heavy atom. The quantitative estimate of drug-likeness (QED) is 0.477. The second-order valence-corrected chi connectivity index (χ2v) is 1.64. The predicted octanol–water partition coefficient (Wildman–Crippen LogP) is 2.69. The maximum absolute atomic E-state index is 3.61. The Labute approximate surface area is 51.2 Å². The molecule has 0 aromatic carbocycles. The van der Waals surface area contributed by atoms with E-state index in [1.165, 1.54) is 5.57 Å². The minimum absolute atomic E-state index is 1.20. The monoisotopic (exact) mass is 108 g/mol. The van der Waals surface area contributed by atoms with Gasteiger partial charge in [-0.15, -0.1) is 0 Å². The zero-order valence-corrected chi connectivity index (χ0v) is 5.52. The second-order valence-electron chi connectivity index (χ2n) is 1.64. The SMILES string of the molecule is C=C/C(C)=C\C=C\C. The number of hydrogen-bond acceptors (Lipinski definition) is 0. The molecule has 0 saturated carbocycles. The predicted molar refractivity (Wildman–Crippen MR) is 38.8 cm³/mol. The molecule has 0 fully saturated rings. The Bertz CT molecular complexity index is 116. The largest absolute Gasteiger partial charge is 0.0988 e. The molecule has 0 heterocycles. The zero-order valence-electron chi connectivity index (χ0n) is 5.52. The normalized spacial score (nSPS) is 12.5. The second kappa shape index (κ2) is 4.38. The van der Waals surface area contributed by atoms with Crippen LogP contribution in [0.25, 0.3) is 0 Å². The van der Waals surface area contributed by atoms with Crippen molar-refractivity contribution in [2.24, 2.45) is 0 Å². The maximum atomic E-state index is 3.61. The van der Waals surface area contributed by atoms with Crippen molar-refractivity contribution in [3.05, 3.63) is 36.5 Å². The van der Waals surface area contributed by atoms with Crippen molar-refractivity contribution in [2.75, 3.05) is 0 Å². The standard InChI is InChI=1S/C8H12/c1-4-6-7-8(3)5-2/h4-7H,2H2,1,3H3/b6-4+,8-7-. The van der Waals surface area contributed by atoms with Crippen LogP contribution < -0.4 is 0 Å². The van der Waals surface area contributed by atoms with Gasteiger partial charge in [0.1, 0.15) is 0 Å². The molecule has 0 aliphatic rings. The summed E-state index contributed by atoms with van der Waals surface area (Å²) in [5.74, 6) is 0. The fraction of sp³-hybridized carbons (Fsp3) is 0.250. The highest BCUT2D eigenvalue weighted by atomic mass is 13.8. The highest BCUT2D eigenvalue weighted by Crippen LogP contribution is 1.91. The summed E-state index contributed by atoms with van der Waals surface area (Å²) in [7, 11) is 0. The zero-order chi connectivity index (χ0) is 6.41. The molecule has 0 saturated heterocycles. The molecule has 0 nitrogen and oxygen atoms in total. The van der Waals surface area contributed by atoms with E-state index >= 15 is 0 Å². The molecule has 0 aromatic rings. The first-order chi connectivity index (χ1) is 3.81. The number of hydrogen-bond donors (Lipinski definition) is 0. The van der Waals surface area contributed by atoms with Gasteiger partial charge in [0.15, 0.2) is 0 Å². The summed E-state index contributed by atoms with van der Waals surface area (Å²) < 4.78 is 0. The molecule has 0 N–H and O–H groups in total. The van der Waals surface area contributed by atoms with Gasteiger partial charge in [0.05, 0.1) is 0 Å². The van der Waals surface area contributed by atoms with Crippen molar-refractivity contribution in [3.8, 4) is 0 Å². The Kier molecular flexibility index (Phi) is 3.95. The van der Waals surface area contributed by atoms with Gasteiger partial charge in [-0.25, -0.2) is 0 Å². The van der Waals surface area contributed by atoms with E-state index < -0.39 is 0 Å². The average molecular weight is 108 g/mol. The van der Waals surface area contributed by atoms with E-state index in [1.54, 1.807) is 0 Å². The summed E-state index contributed by atoms with van der Waals surface area (Å²) in [6.45, 7) is 7.63. The molecular weight excluding hydrogens is 96.1 g/mol. The first kappa shape index (κ1) is 7.22. The van der Waals surface area contributed by atoms with Crippen molar-refractivity contribution in [3.63, 3.8) is 0 Å². The minimum atomic E-state index is 1.20. The Balaban J connectivity index is 3.74. The van der Waals surface area contributed by atoms with Crippen molar-refractivity contribution in [2.45, 2.75) is 13.8 Å². The van der Waals surface area contributed by atoms with E-state index in [2.05, 4.69) is 6.58 Å². The van der Waals surface area contributed by atoms with Crippen LogP contribution in [0, 0.1) is 0 Å². The van der Waals surface area contributed by atoms with Crippen molar-refractivity contribution in [1.29, 1.82) is 0 Å². The van der Waals surface area contributed by atoms with Gasteiger partial charge >= 0.3 is 0 Å². The fourth-order valence-electron chi connectivity index (χ4n) is 0.316. The minimum Gasteiger partial charge on any atom is -0.0988 e. The van der Waals surface area contributed by atoms with Crippen LogP contribution in [0.15, 0.2) is 36.5 Å². The lowest BCUT2D eigenvalue weighted by atomic mass is 10.3. The summed E-state index contributed by atoms with van der Waals surface area (Å²) in [4.78, 5) is 0. The molecule has 0 atom stereocenters. The highest BCUT2D eigenvalue weighted by molar-refractivity contribution is 5.18. The Morgan fingerprint density at radius 1 is 1.50 bits per heavy atom. The van der Waals surface area contributed by atoms with Gasteiger partial charge in [-0.1, -0.05) is 36.5 Å². The lowest BCUT2D eigenvalue weighted by Gasteiger charge is -1.81. The number of rotatable bonds is 2. The Hall–Kier alpha value is -0.780. The van der Waals surface area contributed by atoms with Crippen LogP contribution in [0.5, 0.6) is 0 Å². The summed E-state index contributed by atoms with van der Waals surface area (Å²) in [6, 6.07) is 0. The van der Waals surface area contributed by atoms with Gasteiger partial charge in [-0.05, 0) is 13.8 Å². The first-order valence-corrected chi connectivity index (χ1v) is 2.73. The van der Waals surface area contributed by atoms with E-state index in [0.717, 1.165) is 0 Å². The maximum Gasteiger partial charge on any atom is -0.0398 e. The van der Waals surface area contributed by atoms with Gasteiger partial charge in [-0.3, -0.25) is 0 Å². The molecule has 0 rings (SSSR count). The lowest BCUT2D eigenvalue weighted by molar-refractivity contribution is 1.53. The highest BCUT2D eigenvalue weighted by Gasteiger charge is 1.70. The third kappa shape index (κ3) is 3.41. The van der Waals surface area contributed by atoms with E-state index in [0.29, 0.717) is 0 Å². The van der Waals surface area contributed by atoms with Crippen LogP contribution in [0.1, 0.15) is 13.8 Å². The first-order valence-electron chi connectivity index (χ1n) is 2.73. The summed E-state index contributed by atoms with van der Waals surface area (Å²) in [6.07, 6.45) is 7.84. The van der Waals surface area contributed by atoms with Crippen molar-refractivity contribution >= 4 is 0 Å².